The minimum absolute atomic E-state index is 0.108. The van der Waals surface area contributed by atoms with Crippen LogP contribution in [-0.4, -0.2) is 56.7 Å². The van der Waals surface area contributed by atoms with Gasteiger partial charge in [-0.2, -0.15) is 0 Å². The number of benzene rings is 2. The van der Waals surface area contributed by atoms with E-state index < -0.39 is 21.6 Å². The summed E-state index contributed by atoms with van der Waals surface area (Å²) < 4.78 is 58.4. The minimum atomic E-state index is -4.55. The Morgan fingerprint density at radius 2 is 1.36 bits per heavy atom. The molecule has 4 aromatic rings. The van der Waals surface area contributed by atoms with E-state index in [4.69, 9.17) is 33.3 Å². The summed E-state index contributed by atoms with van der Waals surface area (Å²) in [5.41, 5.74) is 6.80. The number of nitrogen functional groups attached to an aromatic ring is 1. The van der Waals surface area contributed by atoms with Crippen LogP contribution >= 0.6 is 15.6 Å². The van der Waals surface area contributed by atoms with E-state index in [0.717, 1.165) is 0 Å². The average molecular weight is 621 g/mol. The molecule has 0 amide bonds. The molecule has 42 heavy (non-hydrogen) atoms. The van der Waals surface area contributed by atoms with E-state index >= 15 is 0 Å². The fraction of sp³-hybridized carbons (Fsp3) is 0.320. The smallest absolute Gasteiger partial charge is 0.497 e. The van der Waals surface area contributed by atoms with Gasteiger partial charge in [0, 0.05) is 12.0 Å². The zero-order valence-electron chi connectivity index (χ0n) is 22.5. The Labute approximate surface area is 240 Å². The van der Waals surface area contributed by atoms with Gasteiger partial charge in [-0.05, 0) is 60.9 Å². The first-order valence-corrected chi connectivity index (χ1v) is 15.6. The number of rotatable bonds is 13. The summed E-state index contributed by atoms with van der Waals surface area (Å²) in [5, 5.41) is 0. The Hall–Kier alpha value is -3.71. The van der Waals surface area contributed by atoms with E-state index in [1.165, 1.54) is 44.8 Å². The summed E-state index contributed by atoms with van der Waals surface area (Å²) in [4.78, 5) is 33.2. The van der Waals surface area contributed by atoms with Gasteiger partial charge < -0.3 is 28.8 Å². The van der Waals surface area contributed by atoms with Crippen molar-refractivity contribution in [2.45, 2.75) is 12.5 Å². The first kappa shape index (κ1) is 29.8. The molecule has 0 bridgehead atoms. The normalized spacial score (nSPS) is 21.1. The lowest BCUT2D eigenvalue weighted by atomic mass is 9.70. The molecular weight excluding hydrogens is 592 g/mol. The van der Waals surface area contributed by atoms with Crippen molar-refractivity contribution < 1.29 is 46.5 Å². The van der Waals surface area contributed by atoms with Gasteiger partial charge in [0.2, 0.25) is 0 Å². The maximum Gasteiger partial charge on any atom is 0.527 e. The Morgan fingerprint density at radius 3 is 1.90 bits per heavy atom. The molecule has 5 rings (SSSR count). The summed E-state index contributed by atoms with van der Waals surface area (Å²) in [7, 11) is -6.06. The van der Waals surface area contributed by atoms with Crippen LogP contribution in [0.1, 0.15) is 12.5 Å². The molecule has 0 aliphatic heterocycles. The van der Waals surface area contributed by atoms with Crippen LogP contribution in [0.15, 0.2) is 61.2 Å². The number of hydrogen-bond donors (Lipinski definition) is 3. The van der Waals surface area contributed by atoms with E-state index in [9.17, 15) is 18.9 Å². The molecule has 15 nitrogen and oxygen atoms in total. The highest BCUT2D eigenvalue weighted by Crippen LogP contribution is 2.52. The van der Waals surface area contributed by atoms with Crippen LogP contribution in [-0.2, 0) is 18.2 Å². The molecule has 0 radical (unpaired) electrons. The molecule has 1 aliphatic rings. The molecule has 2 heterocycles. The van der Waals surface area contributed by atoms with Crippen molar-refractivity contribution in [3.8, 4) is 23.0 Å². The van der Waals surface area contributed by atoms with Crippen LogP contribution in [0.25, 0.3) is 11.2 Å². The highest BCUT2D eigenvalue weighted by molar-refractivity contribution is 7.48. The molecule has 0 saturated heterocycles. The summed E-state index contributed by atoms with van der Waals surface area (Å²) >= 11 is 0. The van der Waals surface area contributed by atoms with Crippen LogP contribution in [0.2, 0.25) is 0 Å². The lowest BCUT2D eigenvalue weighted by Gasteiger charge is -2.45. The molecule has 0 spiro atoms. The lowest BCUT2D eigenvalue weighted by Crippen LogP contribution is -2.43. The largest absolute Gasteiger partial charge is 0.527 e. The topological polar surface area (TPSA) is 200 Å². The van der Waals surface area contributed by atoms with Crippen LogP contribution < -0.4 is 24.3 Å². The monoisotopic (exact) mass is 621 g/mol. The Balaban J connectivity index is 1.28. The number of imidazole rings is 1. The van der Waals surface area contributed by atoms with Gasteiger partial charge in [-0.3, -0.25) is 18.8 Å². The van der Waals surface area contributed by atoms with E-state index in [-0.39, 0.29) is 42.5 Å². The zero-order valence-corrected chi connectivity index (χ0v) is 24.3. The van der Waals surface area contributed by atoms with Gasteiger partial charge in [-0.25, -0.2) is 24.1 Å². The number of methoxy groups -OCH3 is 2. The highest BCUT2D eigenvalue weighted by atomic mass is 31.2. The maximum atomic E-state index is 12.8. The van der Waals surface area contributed by atoms with Gasteiger partial charge in [0.25, 0.3) is 0 Å². The third kappa shape index (κ3) is 6.84. The number of fused-ring (bicyclic) bond motifs is 1. The number of phosphoric acid groups is 2. The summed E-state index contributed by atoms with van der Waals surface area (Å²) in [5.74, 6) is 0.687. The van der Waals surface area contributed by atoms with Crippen molar-refractivity contribution in [2.24, 2.45) is 11.8 Å². The van der Waals surface area contributed by atoms with Gasteiger partial charge in [-0.15, -0.1) is 0 Å². The summed E-state index contributed by atoms with van der Waals surface area (Å²) in [6, 6.07) is 11.9. The van der Waals surface area contributed by atoms with E-state index in [1.54, 1.807) is 35.2 Å². The van der Waals surface area contributed by atoms with Gasteiger partial charge in [0.1, 0.15) is 34.8 Å². The number of hydrogen-bond acceptors (Lipinski definition) is 12. The van der Waals surface area contributed by atoms with Gasteiger partial charge in [0.15, 0.2) is 11.5 Å². The number of phosphoric ester groups is 2. The molecular formula is C25H29N5O10P2. The molecule has 5 atom stereocenters. The van der Waals surface area contributed by atoms with Crippen molar-refractivity contribution in [1.82, 2.24) is 19.5 Å². The van der Waals surface area contributed by atoms with E-state index in [2.05, 4.69) is 15.0 Å². The molecule has 224 valence electrons. The molecule has 1 saturated carbocycles. The fourth-order valence-electron chi connectivity index (χ4n) is 4.61. The van der Waals surface area contributed by atoms with Gasteiger partial charge in [-0.1, -0.05) is 0 Å². The van der Waals surface area contributed by atoms with Gasteiger partial charge in [0.05, 0.1) is 33.8 Å². The second-order valence-corrected chi connectivity index (χ2v) is 12.1. The van der Waals surface area contributed by atoms with E-state index in [0.29, 0.717) is 29.1 Å². The maximum absolute atomic E-state index is 12.8. The van der Waals surface area contributed by atoms with Crippen molar-refractivity contribution >= 4 is 32.6 Å². The second kappa shape index (κ2) is 12.3. The molecule has 4 N–H and O–H groups in total. The first-order chi connectivity index (χ1) is 20.1. The highest BCUT2D eigenvalue weighted by Gasteiger charge is 2.45. The molecule has 1 fully saturated rings. The predicted molar refractivity (Wildman–Crippen MR) is 149 cm³/mol. The Morgan fingerprint density at radius 1 is 0.833 bits per heavy atom. The quantitative estimate of drug-likeness (QED) is 0.181. The van der Waals surface area contributed by atoms with E-state index in [1.807, 2.05) is 0 Å². The van der Waals surface area contributed by atoms with Crippen molar-refractivity contribution in [3.05, 3.63) is 61.2 Å². The minimum Gasteiger partial charge on any atom is -0.497 e. The summed E-state index contributed by atoms with van der Waals surface area (Å²) in [6.45, 7) is -0.453. The molecule has 2 unspecified atom stereocenters. The SMILES string of the molecule is COc1ccc(OP(=O)(O)OC[C@H]2C[C@@H](n3cnc4c(N)ncnc43)[C@H]2COP(=O)(O)Oc2ccc(OC)cc2)cc1. The number of nitrogens with two attached hydrogens (primary N) is 1. The Kier molecular flexibility index (Phi) is 8.69. The molecule has 2 aromatic heterocycles. The molecule has 2 aromatic carbocycles. The first-order valence-electron chi connectivity index (χ1n) is 12.6. The van der Waals surface area contributed by atoms with Gasteiger partial charge >= 0.3 is 15.6 Å². The third-order valence-electron chi connectivity index (χ3n) is 6.83. The lowest BCUT2D eigenvalue weighted by molar-refractivity contribution is -0.00444. The summed E-state index contributed by atoms with van der Waals surface area (Å²) in [6.07, 6.45) is 3.30. The zero-order chi connectivity index (χ0) is 29.9. The molecule has 1 aliphatic carbocycles. The third-order valence-corrected chi connectivity index (χ3v) is 8.66. The van der Waals surface area contributed by atoms with Crippen molar-refractivity contribution in [3.63, 3.8) is 0 Å². The van der Waals surface area contributed by atoms with Crippen LogP contribution in [0.5, 0.6) is 23.0 Å². The standard InChI is InChI=1S/C25H29N5O10P2/c1-35-17-3-7-19(8-4-17)39-41(31,32)37-12-16-11-22(30-15-29-23-24(26)27-14-28-25(23)30)21(16)13-38-42(33,34)40-20-9-5-18(36-2)6-10-20/h3-10,14-16,21-22H,11-13H2,1-2H3,(H,31,32)(H,33,34)(H2,26,27,28)/t16-,21+,22-/m1/s1. The fourth-order valence-corrected chi connectivity index (χ4v) is 6.23. The Bertz CT molecular complexity index is 1620. The average Bonchev–Trinajstić information content (AvgIpc) is 3.37. The molecule has 17 heteroatoms. The van der Waals surface area contributed by atoms with Crippen LogP contribution in [0, 0.1) is 11.8 Å². The van der Waals surface area contributed by atoms with Crippen molar-refractivity contribution in [2.75, 3.05) is 33.2 Å². The van der Waals surface area contributed by atoms with Crippen LogP contribution in [0.4, 0.5) is 5.82 Å². The van der Waals surface area contributed by atoms with Crippen LogP contribution in [0.3, 0.4) is 0 Å². The van der Waals surface area contributed by atoms with Crippen molar-refractivity contribution in [1.29, 1.82) is 0 Å². The number of ether oxygens (including phenoxy) is 2. The number of anilines is 1. The second-order valence-electron chi connectivity index (χ2n) is 9.37. The predicted octanol–water partition coefficient (Wildman–Crippen LogP) is 3.99. The number of aromatic nitrogens is 4. The number of nitrogens with zero attached hydrogens (tertiary/aromatic N) is 4.